The van der Waals surface area contributed by atoms with Gasteiger partial charge in [0.1, 0.15) is 0 Å². The van der Waals surface area contributed by atoms with E-state index >= 15 is 0 Å². The molecule has 0 unspecified atom stereocenters. The van der Waals surface area contributed by atoms with Crippen LogP contribution in [0.15, 0.2) is 12.3 Å². The molecule has 1 aromatic heterocycles. The fourth-order valence-electron chi connectivity index (χ4n) is 2.28. The summed E-state index contributed by atoms with van der Waals surface area (Å²) in [6, 6.07) is 1.96. The van der Waals surface area contributed by atoms with Crippen LogP contribution in [0.3, 0.4) is 0 Å². The summed E-state index contributed by atoms with van der Waals surface area (Å²) in [7, 11) is 0. The Kier molecular flexibility index (Phi) is 4.28. The molecule has 0 spiro atoms. The lowest BCUT2D eigenvalue weighted by Gasteiger charge is -2.35. The normalized spacial score (nSPS) is 17.4. The van der Waals surface area contributed by atoms with Gasteiger partial charge in [-0.15, -0.1) is 5.10 Å². The molecule has 5 nitrogen and oxygen atoms in total. The Balaban J connectivity index is 2.00. The zero-order chi connectivity index (χ0) is 12.1. The van der Waals surface area contributed by atoms with Crippen molar-refractivity contribution in [3.63, 3.8) is 0 Å². The summed E-state index contributed by atoms with van der Waals surface area (Å²) in [6.45, 7) is 8.19. The van der Waals surface area contributed by atoms with Gasteiger partial charge in [0, 0.05) is 38.3 Å². The number of piperazine rings is 1. The van der Waals surface area contributed by atoms with Crippen molar-refractivity contribution in [3.8, 4) is 0 Å². The van der Waals surface area contributed by atoms with E-state index in [0.717, 1.165) is 37.6 Å². The van der Waals surface area contributed by atoms with E-state index in [2.05, 4.69) is 26.9 Å². The highest BCUT2D eigenvalue weighted by molar-refractivity contribution is 5.45. The van der Waals surface area contributed by atoms with Crippen LogP contribution in [0.2, 0.25) is 0 Å². The maximum absolute atomic E-state index is 5.73. The van der Waals surface area contributed by atoms with Crippen molar-refractivity contribution in [1.82, 2.24) is 15.1 Å². The highest BCUT2D eigenvalue weighted by Gasteiger charge is 2.19. The zero-order valence-electron chi connectivity index (χ0n) is 10.5. The van der Waals surface area contributed by atoms with Crippen LogP contribution in [0.1, 0.15) is 18.9 Å². The molecule has 2 heterocycles. The molecule has 0 aliphatic carbocycles. The Bertz CT molecular complexity index is 347. The Labute approximate surface area is 103 Å². The van der Waals surface area contributed by atoms with Gasteiger partial charge < -0.3 is 10.6 Å². The number of hydrogen-bond acceptors (Lipinski definition) is 5. The van der Waals surface area contributed by atoms with Gasteiger partial charge in [0.15, 0.2) is 5.82 Å². The van der Waals surface area contributed by atoms with Gasteiger partial charge in [-0.2, -0.15) is 5.10 Å². The summed E-state index contributed by atoms with van der Waals surface area (Å²) in [5, 5.41) is 8.18. The number of hydrogen-bond donors (Lipinski definition) is 1. The lowest BCUT2D eigenvalue weighted by molar-refractivity contribution is 0.257. The Morgan fingerprint density at radius 3 is 2.71 bits per heavy atom. The van der Waals surface area contributed by atoms with Crippen LogP contribution in [-0.2, 0) is 6.54 Å². The monoisotopic (exact) mass is 235 g/mol. The van der Waals surface area contributed by atoms with Crippen LogP contribution in [-0.4, -0.2) is 47.8 Å². The molecule has 1 aliphatic heterocycles. The highest BCUT2D eigenvalue weighted by atomic mass is 15.3. The van der Waals surface area contributed by atoms with Gasteiger partial charge in [0.2, 0.25) is 0 Å². The molecule has 0 aromatic carbocycles. The van der Waals surface area contributed by atoms with E-state index < -0.39 is 0 Å². The van der Waals surface area contributed by atoms with E-state index in [4.69, 9.17) is 5.73 Å². The minimum absolute atomic E-state index is 0.528. The molecule has 2 N–H and O–H groups in total. The lowest BCUT2D eigenvalue weighted by Crippen LogP contribution is -2.47. The maximum Gasteiger partial charge on any atom is 0.155 e. The smallest absolute Gasteiger partial charge is 0.155 e. The van der Waals surface area contributed by atoms with E-state index in [1.54, 1.807) is 6.20 Å². The molecule has 1 aromatic rings. The topological polar surface area (TPSA) is 58.3 Å². The summed E-state index contributed by atoms with van der Waals surface area (Å²) in [4.78, 5) is 4.79. The molecule has 5 heteroatoms. The van der Waals surface area contributed by atoms with Crippen LogP contribution >= 0.6 is 0 Å². The highest BCUT2D eigenvalue weighted by Crippen LogP contribution is 2.17. The first kappa shape index (κ1) is 12.3. The van der Waals surface area contributed by atoms with Crippen LogP contribution in [0.25, 0.3) is 0 Å². The van der Waals surface area contributed by atoms with Crippen LogP contribution < -0.4 is 10.6 Å². The first-order valence-corrected chi connectivity index (χ1v) is 6.33. The van der Waals surface area contributed by atoms with Gasteiger partial charge in [-0.25, -0.2) is 0 Å². The minimum atomic E-state index is 0.528. The summed E-state index contributed by atoms with van der Waals surface area (Å²) >= 11 is 0. The van der Waals surface area contributed by atoms with Gasteiger partial charge in [-0.3, -0.25) is 4.90 Å². The Hall–Kier alpha value is -1.20. The van der Waals surface area contributed by atoms with E-state index in [9.17, 15) is 0 Å². The third-order valence-corrected chi connectivity index (χ3v) is 3.21. The minimum Gasteiger partial charge on any atom is -0.352 e. The largest absolute Gasteiger partial charge is 0.352 e. The molecular weight excluding hydrogens is 214 g/mol. The van der Waals surface area contributed by atoms with Crippen LogP contribution in [0, 0.1) is 0 Å². The van der Waals surface area contributed by atoms with Gasteiger partial charge in [0.25, 0.3) is 0 Å². The second-order valence-corrected chi connectivity index (χ2v) is 4.41. The van der Waals surface area contributed by atoms with Crippen molar-refractivity contribution in [2.24, 2.45) is 5.73 Å². The van der Waals surface area contributed by atoms with E-state index in [1.165, 1.54) is 13.0 Å². The zero-order valence-corrected chi connectivity index (χ0v) is 10.5. The molecule has 0 atom stereocenters. The summed E-state index contributed by atoms with van der Waals surface area (Å²) < 4.78 is 0. The van der Waals surface area contributed by atoms with Crippen LogP contribution in [0.5, 0.6) is 0 Å². The Morgan fingerprint density at radius 1 is 1.29 bits per heavy atom. The van der Waals surface area contributed by atoms with Crippen molar-refractivity contribution in [2.45, 2.75) is 19.9 Å². The summed E-state index contributed by atoms with van der Waals surface area (Å²) in [5.41, 5.74) is 6.81. The number of nitrogens with two attached hydrogens (primary N) is 1. The maximum atomic E-state index is 5.73. The molecule has 0 bridgehead atoms. The van der Waals surface area contributed by atoms with Crippen molar-refractivity contribution >= 4 is 5.82 Å². The first-order valence-electron chi connectivity index (χ1n) is 6.33. The molecule has 2 rings (SSSR count). The predicted octanol–water partition coefficient (Wildman–Crippen LogP) is 0.467. The average molecular weight is 235 g/mol. The Morgan fingerprint density at radius 2 is 2.06 bits per heavy atom. The fourth-order valence-corrected chi connectivity index (χ4v) is 2.28. The van der Waals surface area contributed by atoms with Crippen molar-refractivity contribution < 1.29 is 0 Å². The molecule has 0 saturated carbocycles. The quantitative estimate of drug-likeness (QED) is 0.822. The van der Waals surface area contributed by atoms with E-state index in [-0.39, 0.29) is 0 Å². The lowest BCUT2D eigenvalue weighted by atomic mass is 10.2. The number of nitrogens with zero attached hydrogens (tertiary/aromatic N) is 4. The van der Waals surface area contributed by atoms with Crippen molar-refractivity contribution in [2.75, 3.05) is 37.6 Å². The fraction of sp³-hybridized carbons (Fsp3) is 0.667. The van der Waals surface area contributed by atoms with E-state index in [1.807, 2.05) is 6.07 Å². The van der Waals surface area contributed by atoms with Crippen molar-refractivity contribution in [3.05, 3.63) is 17.8 Å². The molecule has 94 valence electrons. The molecule has 0 amide bonds. The van der Waals surface area contributed by atoms with Gasteiger partial charge in [-0.05, 0) is 19.0 Å². The first-order chi connectivity index (χ1) is 8.35. The van der Waals surface area contributed by atoms with E-state index in [0.29, 0.717) is 6.54 Å². The van der Waals surface area contributed by atoms with Gasteiger partial charge in [-0.1, -0.05) is 6.92 Å². The number of anilines is 1. The molecule has 1 saturated heterocycles. The second kappa shape index (κ2) is 5.93. The van der Waals surface area contributed by atoms with Gasteiger partial charge in [0.05, 0.1) is 6.20 Å². The SMILES string of the molecule is CCCN1CCN(c2nnccc2CN)CC1. The number of aromatic nitrogens is 2. The summed E-state index contributed by atoms with van der Waals surface area (Å²) in [5.74, 6) is 0.964. The van der Waals surface area contributed by atoms with Crippen LogP contribution in [0.4, 0.5) is 5.82 Å². The standard InChI is InChI=1S/C12H21N5/c1-2-5-16-6-8-17(9-7-16)12-11(10-13)3-4-14-15-12/h3-4H,2,5-10,13H2,1H3. The predicted molar refractivity (Wildman–Crippen MR) is 68.9 cm³/mol. The molecule has 1 aliphatic rings. The third-order valence-electron chi connectivity index (χ3n) is 3.21. The molecular formula is C12H21N5. The number of rotatable bonds is 4. The third kappa shape index (κ3) is 2.92. The molecule has 1 fully saturated rings. The molecule has 17 heavy (non-hydrogen) atoms. The second-order valence-electron chi connectivity index (χ2n) is 4.41. The van der Waals surface area contributed by atoms with Crippen molar-refractivity contribution in [1.29, 1.82) is 0 Å². The average Bonchev–Trinajstić information content (AvgIpc) is 2.40. The molecule has 0 radical (unpaired) electrons. The van der Waals surface area contributed by atoms with Gasteiger partial charge >= 0.3 is 0 Å². The summed E-state index contributed by atoms with van der Waals surface area (Å²) in [6.07, 6.45) is 2.93.